The van der Waals surface area contributed by atoms with Gasteiger partial charge >= 0.3 is 6.18 Å². The summed E-state index contributed by atoms with van der Waals surface area (Å²) in [5, 5.41) is 0. The quantitative estimate of drug-likeness (QED) is 0.776. The Labute approximate surface area is 156 Å². The number of nitrogens with zero attached hydrogens (tertiary/aromatic N) is 3. The van der Waals surface area contributed by atoms with E-state index in [0.717, 1.165) is 25.8 Å². The van der Waals surface area contributed by atoms with Crippen molar-refractivity contribution in [1.29, 1.82) is 0 Å². The standard InChI is InChI=1S/C19H24F3N5/c1-3-5-12-10-15(27-9-4-6-11(27)2)26-18(25-12)16-13(23)7-8-14(24)17(16)19(20,21)22/h7-8,10-11H,3-6,9,23-24H2,1-2H3. The van der Waals surface area contributed by atoms with Crippen molar-refractivity contribution in [3.8, 4) is 11.4 Å². The van der Waals surface area contributed by atoms with Crippen molar-refractivity contribution in [2.75, 3.05) is 22.9 Å². The molecule has 1 unspecified atom stereocenters. The minimum Gasteiger partial charge on any atom is -0.398 e. The van der Waals surface area contributed by atoms with Crippen LogP contribution in [-0.4, -0.2) is 22.6 Å². The predicted molar refractivity (Wildman–Crippen MR) is 101 cm³/mol. The number of aromatic nitrogens is 2. The third-order valence-electron chi connectivity index (χ3n) is 4.90. The van der Waals surface area contributed by atoms with E-state index in [1.807, 2.05) is 13.0 Å². The number of hydrogen-bond acceptors (Lipinski definition) is 5. The number of nitrogens with two attached hydrogens (primary N) is 2. The van der Waals surface area contributed by atoms with Crippen molar-refractivity contribution in [3.63, 3.8) is 0 Å². The molecule has 1 saturated heterocycles. The summed E-state index contributed by atoms with van der Waals surface area (Å²) in [6, 6.07) is 4.68. The molecule has 0 aliphatic carbocycles. The molecule has 4 N–H and O–H groups in total. The number of benzene rings is 1. The van der Waals surface area contributed by atoms with Gasteiger partial charge in [0, 0.05) is 35.7 Å². The molecule has 1 fully saturated rings. The topological polar surface area (TPSA) is 81.1 Å². The van der Waals surface area contributed by atoms with E-state index in [-0.39, 0.29) is 28.8 Å². The highest BCUT2D eigenvalue weighted by Crippen LogP contribution is 2.43. The molecule has 1 aliphatic heterocycles. The Bertz CT molecular complexity index is 835. The van der Waals surface area contributed by atoms with E-state index in [1.165, 1.54) is 12.1 Å². The first-order valence-corrected chi connectivity index (χ1v) is 9.12. The Morgan fingerprint density at radius 3 is 2.48 bits per heavy atom. The molecule has 1 aromatic heterocycles. The Hall–Kier alpha value is -2.51. The van der Waals surface area contributed by atoms with Gasteiger partial charge in [0.1, 0.15) is 5.82 Å². The predicted octanol–water partition coefficient (Wildman–Crippen LogP) is 4.27. The van der Waals surface area contributed by atoms with Gasteiger partial charge in [0.05, 0.1) is 11.1 Å². The van der Waals surface area contributed by atoms with Crippen LogP contribution in [0.25, 0.3) is 11.4 Å². The fourth-order valence-corrected chi connectivity index (χ4v) is 3.58. The summed E-state index contributed by atoms with van der Waals surface area (Å²) < 4.78 is 41.1. The average Bonchev–Trinajstić information content (AvgIpc) is 3.01. The molecule has 2 heterocycles. The highest BCUT2D eigenvalue weighted by molar-refractivity contribution is 5.81. The molecule has 1 atom stereocenters. The highest BCUT2D eigenvalue weighted by atomic mass is 19.4. The molecule has 3 rings (SSSR count). The van der Waals surface area contributed by atoms with E-state index in [2.05, 4.69) is 21.8 Å². The lowest BCUT2D eigenvalue weighted by Crippen LogP contribution is -2.27. The summed E-state index contributed by atoms with van der Waals surface area (Å²) in [6.07, 6.45) is -1.13. The number of hydrogen-bond donors (Lipinski definition) is 2. The zero-order valence-corrected chi connectivity index (χ0v) is 15.5. The van der Waals surface area contributed by atoms with Crippen LogP contribution in [0.4, 0.5) is 30.4 Å². The molecule has 0 bridgehead atoms. The first kappa shape index (κ1) is 19.3. The lowest BCUT2D eigenvalue weighted by molar-refractivity contribution is -0.136. The van der Waals surface area contributed by atoms with E-state index in [9.17, 15) is 13.2 Å². The van der Waals surface area contributed by atoms with Gasteiger partial charge in [-0.1, -0.05) is 13.3 Å². The molecular weight excluding hydrogens is 355 g/mol. The second-order valence-electron chi connectivity index (χ2n) is 6.97. The van der Waals surface area contributed by atoms with E-state index in [4.69, 9.17) is 11.5 Å². The Balaban J connectivity index is 2.23. The molecule has 146 valence electrons. The molecule has 0 amide bonds. The highest BCUT2D eigenvalue weighted by Gasteiger charge is 2.38. The molecular formula is C19H24F3N5. The third-order valence-corrected chi connectivity index (χ3v) is 4.90. The van der Waals surface area contributed by atoms with E-state index in [0.29, 0.717) is 17.9 Å². The number of aryl methyl sites for hydroxylation is 1. The molecule has 5 nitrogen and oxygen atoms in total. The van der Waals surface area contributed by atoms with Crippen LogP contribution in [0.5, 0.6) is 0 Å². The third kappa shape index (κ3) is 3.79. The molecule has 1 aromatic carbocycles. The largest absolute Gasteiger partial charge is 0.419 e. The Morgan fingerprint density at radius 2 is 1.89 bits per heavy atom. The first-order chi connectivity index (χ1) is 12.7. The van der Waals surface area contributed by atoms with Crippen LogP contribution in [0.1, 0.15) is 44.4 Å². The summed E-state index contributed by atoms with van der Waals surface area (Å²) in [4.78, 5) is 11.0. The van der Waals surface area contributed by atoms with E-state index >= 15 is 0 Å². The van der Waals surface area contributed by atoms with Crippen LogP contribution < -0.4 is 16.4 Å². The summed E-state index contributed by atoms with van der Waals surface area (Å²) >= 11 is 0. The van der Waals surface area contributed by atoms with Gasteiger partial charge in [-0.3, -0.25) is 0 Å². The molecule has 0 spiro atoms. The summed E-state index contributed by atoms with van der Waals surface area (Å²) in [7, 11) is 0. The van der Waals surface area contributed by atoms with Crippen molar-refractivity contribution in [2.45, 2.75) is 51.7 Å². The van der Waals surface area contributed by atoms with Gasteiger partial charge < -0.3 is 16.4 Å². The average molecular weight is 379 g/mol. The second-order valence-corrected chi connectivity index (χ2v) is 6.97. The summed E-state index contributed by atoms with van der Waals surface area (Å²) in [5.74, 6) is 0.621. The fraction of sp³-hybridized carbons (Fsp3) is 0.474. The molecule has 0 radical (unpaired) electrons. The molecule has 0 saturated carbocycles. The molecule has 8 heteroatoms. The fourth-order valence-electron chi connectivity index (χ4n) is 3.58. The van der Waals surface area contributed by atoms with Gasteiger partial charge in [0.25, 0.3) is 0 Å². The SMILES string of the molecule is CCCc1cc(N2CCCC2C)nc(-c2c(N)ccc(N)c2C(F)(F)F)n1. The monoisotopic (exact) mass is 379 g/mol. The van der Waals surface area contributed by atoms with Crippen LogP contribution in [0, 0.1) is 0 Å². The Kier molecular flexibility index (Phi) is 5.17. The number of rotatable bonds is 4. The lowest BCUT2D eigenvalue weighted by atomic mass is 10.0. The summed E-state index contributed by atoms with van der Waals surface area (Å²) in [6.45, 7) is 4.90. The number of halogens is 3. The van der Waals surface area contributed by atoms with Gasteiger partial charge in [0.2, 0.25) is 0 Å². The Morgan fingerprint density at radius 1 is 1.19 bits per heavy atom. The van der Waals surface area contributed by atoms with Gasteiger partial charge in [-0.25, -0.2) is 9.97 Å². The van der Waals surface area contributed by atoms with Gasteiger partial charge in [-0.15, -0.1) is 0 Å². The minimum absolute atomic E-state index is 0.0211. The van der Waals surface area contributed by atoms with Crippen LogP contribution in [0.3, 0.4) is 0 Å². The van der Waals surface area contributed by atoms with Gasteiger partial charge in [-0.2, -0.15) is 13.2 Å². The molecule has 27 heavy (non-hydrogen) atoms. The van der Waals surface area contributed by atoms with Crippen LogP contribution >= 0.6 is 0 Å². The van der Waals surface area contributed by atoms with Crippen molar-refractivity contribution >= 4 is 17.2 Å². The van der Waals surface area contributed by atoms with Crippen molar-refractivity contribution in [2.24, 2.45) is 0 Å². The molecule has 2 aromatic rings. The van der Waals surface area contributed by atoms with E-state index in [1.54, 1.807) is 0 Å². The first-order valence-electron chi connectivity index (χ1n) is 9.12. The number of anilines is 3. The van der Waals surface area contributed by atoms with Gasteiger partial charge in [0.15, 0.2) is 5.82 Å². The van der Waals surface area contributed by atoms with E-state index < -0.39 is 11.7 Å². The van der Waals surface area contributed by atoms with Crippen LogP contribution in [0.2, 0.25) is 0 Å². The number of alkyl halides is 3. The summed E-state index contributed by atoms with van der Waals surface area (Å²) in [5.41, 5.74) is 10.6. The van der Waals surface area contributed by atoms with Crippen molar-refractivity contribution in [1.82, 2.24) is 9.97 Å². The maximum atomic E-state index is 13.7. The second kappa shape index (κ2) is 7.25. The normalized spacial score (nSPS) is 17.5. The number of nitrogen functional groups attached to an aromatic ring is 2. The van der Waals surface area contributed by atoms with Crippen molar-refractivity contribution < 1.29 is 13.2 Å². The lowest BCUT2D eigenvalue weighted by Gasteiger charge is -2.24. The van der Waals surface area contributed by atoms with Crippen LogP contribution in [0.15, 0.2) is 18.2 Å². The minimum atomic E-state index is -4.65. The zero-order valence-electron chi connectivity index (χ0n) is 15.5. The smallest absolute Gasteiger partial charge is 0.398 e. The maximum absolute atomic E-state index is 13.7. The van der Waals surface area contributed by atoms with Crippen molar-refractivity contribution in [3.05, 3.63) is 29.5 Å². The van der Waals surface area contributed by atoms with Gasteiger partial charge in [-0.05, 0) is 38.3 Å². The zero-order chi connectivity index (χ0) is 19.8. The maximum Gasteiger partial charge on any atom is 0.419 e. The molecule has 1 aliphatic rings. The van der Waals surface area contributed by atoms with Crippen LogP contribution in [-0.2, 0) is 12.6 Å².